The molecule has 10 nitrogen and oxygen atoms in total. The number of hydrogen-bond acceptors (Lipinski definition) is 6. The molecule has 0 spiro atoms. The van der Waals surface area contributed by atoms with Gasteiger partial charge >= 0.3 is 11.8 Å². The van der Waals surface area contributed by atoms with E-state index in [4.69, 9.17) is 4.74 Å². The number of rotatable bonds is 7. The normalized spacial score (nSPS) is 18.2. The molecule has 10 heteroatoms. The highest BCUT2D eigenvalue weighted by Gasteiger charge is 2.28. The van der Waals surface area contributed by atoms with Crippen LogP contribution in [0, 0.1) is 6.92 Å². The van der Waals surface area contributed by atoms with Crippen LogP contribution in [0.2, 0.25) is 0 Å². The van der Waals surface area contributed by atoms with Gasteiger partial charge in [0.05, 0.1) is 12.8 Å². The van der Waals surface area contributed by atoms with Crippen molar-refractivity contribution in [1.82, 2.24) is 25.7 Å². The quantitative estimate of drug-likeness (QED) is 0.484. The summed E-state index contributed by atoms with van der Waals surface area (Å²) in [6, 6.07) is 9.14. The van der Waals surface area contributed by atoms with Gasteiger partial charge in [0.25, 0.3) is 0 Å². The zero-order valence-electron chi connectivity index (χ0n) is 17.9. The number of amides is 3. The summed E-state index contributed by atoms with van der Waals surface area (Å²) in [5.74, 6) is -0.566. The lowest BCUT2D eigenvalue weighted by atomic mass is 10.1. The molecule has 2 unspecified atom stereocenters. The molecule has 4 N–H and O–H groups in total. The van der Waals surface area contributed by atoms with Crippen LogP contribution in [0.25, 0.3) is 0 Å². The summed E-state index contributed by atoms with van der Waals surface area (Å²) in [4.78, 5) is 36.6. The maximum atomic E-state index is 12.4. The molecule has 31 heavy (non-hydrogen) atoms. The van der Waals surface area contributed by atoms with Gasteiger partial charge in [0, 0.05) is 25.1 Å². The van der Waals surface area contributed by atoms with Crippen LogP contribution in [0.1, 0.15) is 37.3 Å². The number of ether oxygens (including phenoxy) is 1. The summed E-state index contributed by atoms with van der Waals surface area (Å²) in [5, 5.41) is 15.6. The minimum atomic E-state index is -0.801. The third-order valence-corrected chi connectivity index (χ3v) is 5.02. The highest BCUT2D eigenvalue weighted by atomic mass is 16.5. The minimum Gasteiger partial charge on any atom is -0.497 e. The molecule has 1 fully saturated rings. The van der Waals surface area contributed by atoms with Gasteiger partial charge in [-0.2, -0.15) is 5.10 Å². The first-order valence-corrected chi connectivity index (χ1v) is 10.2. The molecule has 1 aliphatic rings. The van der Waals surface area contributed by atoms with Crippen LogP contribution in [-0.2, 0) is 20.8 Å². The lowest BCUT2D eigenvalue weighted by Gasteiger charge is -2.31. The lowest BCUT2D eigenvalue weighted by Crippen LogP contribution is -2.53. The molecule has 0 aliphatic carbocycles. The summed E-state index contributed by atoms with van der Waals surface area (Å²) < 4.78 is 6.59. The van der Waals surface area contributed by atoms with E-state index < -0.39 is 18.1 Å². The second kappa shape index (κ2) is 10.1. The largest absolute Gasteiger partial charge is 0.497 e. The summed E-state index contributed by atoms with van der Waals surface area (Å²) in [6.07, 6.45) is 1.14. The average Bonchev–Trinajstić information content (AvgIpc) is 3.13. The van der Waals surface area contributed by atoms with Crippen LogP contribution >= 0.6 is 0 Å². The standard InChI is InChI=1S/C21H28N6O4/c1-4-15-12-18(28)25-21(23-15)27-17(11-13(2)26-27)24-20(30)19(29)22-10-9-14-5-7-16(31-3)8-6-14/h5-8,11,15,21,23H,4,9-10,12H2,1-3H3,(H,22,29)(H,24,30)(H,25,28). The molecule has 0 bridgehead atoms. The van der Waals surface area contributed by atoms with E-state index in [1.165, 1.54) is 4.68 Å². The Hall–Kier alpha value is -3.40. The molecule has 1 aromatic carbocycles. The van der Waals surface area contributed by atoms with Crippen LogP contribution in [0.5, 0.6) is 5.75 Å². The number of hydrogen-bond donors (Lipinski definition) is 4. The third-order valence-electron chi connectivity index (χ3n) is 5.02. The van der Waals surface area contributed by atoms with Crippen molar-refractivity contribution in [3.63, 3.8) is 0 Å². The van der Waals surface area contributed by atoms with Crippen molar-refractivity contribution < 1.29 is 19.1 Å². The van der Waals surface area contributed by atoms with Crippen molar-refractivity contribution in [2.75, 3.05) is 19.0 Å². The van der Waals surface area contributed by atoms with E-state index in [0.717, 1.165) is 17.7 Å². The van der Waals surface area contributed by atoms with E-state index >= 15 is 0 Å². The Bertz CT molecular complexity index is 940. The molecule has 0 radical (unpaired) electrons. The van der Waals surface area contributed by atoms with Crippen molar-refractivity contribution in [2.45, 2.75) is 45.4 Å². The fraction of sp³-hybridized carbons (Fsp3) is 0.429. The Morgan fingerprint density at radius 2 is 2.00 bits per heavy atom. The van der Waals surface area contributed by atoms with Gasteiger partial charge in [0.1, 0.15) is 11.6 Å². The van der Waals surface area contributed by atoms with Crippen LogP contribution in [0.3, 0.4) is 0 Å². The zero-order valence-corrected chi connectivity index (χ0v) is 17.9. The smallest absolute Gasteiger partial charge is 0.314 e. The second-order valence-electron chi connectivity index (χ2n) is 7.37. The van der Waals surface area contributed by atoms with Crippen LogP contribution < -0.4 is 26.0 Å². The van der Waals surface area contributed by atoms with E-state index in [1.54, 1.807) is 20.1 Å². The maximum absolute atomic E-state index is 12.4. The highest BCUT2D eigenvalue weighted by Crippen LogP contribution is 2.18. The summed E-state index contributed by atoms with van der Waals surface area (Å²) in [5.41, 5.74) is 1.66. The molecule has 2 heterocycles. The number of carbonyl (C=O) groups is 3. The van der Waals surface area contributed by atoms with E-state index in [2.05, 4.69) is 26.4 Å². The first-order valence-electron chi connectivity index (χ1n) is 10.2. The fourth-order valence-corrected chi connectivity index (χ4v) is 3.33. The number of carbonyl (C=O) groups excluding carboxylic acids is 3. The average molecular weight is 428 g/mol. The second-order valence-corrected chi connectivity index (χ2v) is 7.37. The van der Waals surface area contributed by atoms with E-state index in [-0.39, 0.29) is 11.9 Å². The maximum Gasteiger partial charge on any atom is 0.314 e. The summed E-state index contributed by atoms with van der Waals surface area (Å²) in [7, 11) is 1.60. The first-order chi connectivity index (χ1) is 14.9. The number of nitrogens with one attached hydrogen (secondary N) is 4. The van der Waals surface area contributed by atoms with Crippen molar-refractivity contribution in [1.29, 1.82) is 0 Å². The van der Waals surface area contributed by atoms with E-state index in [0.29, 0.717) is 30.9 Å². The lowest BCUT2D eigenvalue weighted by molar-refractivity contribution is -0.136. The van der Waals surface area contributed by atoms with Crippen molar-refractivity contribution in [3.05, 3.63) is 41.6 Å². The molecule has 166 valence electrons. The van der Waals surface area contributed by atoms with Gasteiger partial charge in [-0.25, -0.2) is 4.68 Å². The molecule has 0 saturated carbocycles. The van der Waals surface area contributed by atoms with Crippen molar-refractivity contribution >= 4 is 23.5 Å². The Morgan fingerprint density at radius 3 is 2.68 bits per heavy atom. The zero-order chi connectivity index (χ0) is 22.4. The van der Waals surface area contributed by atoms with E-state index in [9.17, 15) is 14.4 Å². The Labute approximate surface area is 180 Å². The molecular weight excluding hydrogens is 400 g/mol. The Morgan fingerprint density at radius 1 is 1.26 bits per heavy atom. The van der Waals surface area contributed by atoms with Gasteiger partial charge in [-0.3, -0.25) is 19.7 Å². The molecule has 1 aliphatic heterocycles. The SMILES string of the molecule is CCC1CC(=O)NC(n2nc(C)cc2NC(=O)C(=O)NCCc2ccc(OC)cc2)N1. The van der Waals surface area contributed by atoms with Crippen LogP contribution in [0.15, 0.2) is 30.3 Å². The molecule has 2 atom stereocenters. The van der Waals surface area contributed by atoms with Gasteiger partial charge in [-0.1, -0.05) is 19.1 Å². The molecule has 2 aromatic rings. The molecule has 1 saturated heterocycles. The number of aromatic nitrogens is 2. The highest BCUT2D eigenvalue weighted by molar-refractivity contribution is 6.39. The van der Waals surface area contributed by atoms with Gasteiger partial charge in [-0.05, 0) is 37.5 Å². The number of nitrogens with zero attached hydrogens (tertiary/aromatic N) is 2. The predicted octanol–water partition coefficient (Wildman–Crippen LogP) is 0.842. The fourth-order valence-electron chi connectivity index (χ4n) is 3.33. The Kier molecular flexibility index (Phi) is 7.24. The predicted molar refractivity (Wildman–Crippen MR) is 114 cm³/mol. The van der Waals surface area contributed by atoms with E-state index in [1.807, 2.05) is 31.2 Å². The van der Waals surface area contributed by atoms with Crippen LogP contribution in [0.4, 0.5) is 5.82 Å². The molecule has 3 rings (SSSR count). The number of aryl methyl sites for hydroxylation is 1. The van der Waals surface area contributed by atoms with Gasteiger partial charge in [0.2, 0.25) is 5.91 Å². The van der Waals surface area contributed by atoms with Gasteiger partial charge in [-0.15, -0.1) is 0 Å². The Balaban J connectivity index is 1.57. The third kappa shape index (κ3) is 5.82. The van der Waals surface area contributed by atoms with Crippen LogP contribution in [-0.4, -0.2) is 47.2 Å². The van der Waals surface area contributed by atoms with Crippen molar-refractivity contribution in [3.8, 4) is 5.75 Å². The summed E-state index contributed by atoms with van der Waals surface area (Å²) in [6.45, 7) is 4.07. The number of anilines is 1. The monoisotopic (exact) mass is 428 g/mol. The summed E-state index contributed by atoms with van der Waals surface area (Å²) >= 11 is 0. The number of methoxy groups -OCH3 is 1. The molecule has 1 aromatic heterocycles. The number of benzene rings is 1. The minimum absolute atomic E-state index is 0.00746. The first kappa shape index (κ1) is 22.3. The van der Waals surface area contributed by atoms with Crippen molar-refractivity contribution in [2.24, 2.45) is 0 Å². The van der Waals surface area contributed by atoms with Gasteiger partial charge < -0.3 is 20.7 Å². The topological polar surface area (TPSA) is 126 Å². The van der Waals surface area contributed by atoms with Gasteiger partial charge in [0.15, 0.2) is 6.29 Å². The molecule has 3 amide bonds. The molecular formula is C21H28N6O4.